The molecule has 2 atom stereocenters. The Hall–Kier alpha value is -2.49. The number of carbonyl (C=O) groups excluding carboxylic acids is 2. The highest BCUT2D eigenvalue weighted by atomic mass is 32.2. The van der Waals surface area contributed by atoms with Gasteiger partial charge in [-0.3, -0.25) is 14.9 Å². The summed E-state index contributed by atoms with van der Waals surface area (Å²) in [5.41, 5.74) is 0.301. The molecule has 1 aliphatic rings. The van der Waals surface area contributed by atoms with Crippen LogP contribution in [0.25, 0.3) is 0 Å². The van der Waals surface area contributed by atoms with Gasteiger partial charge in [0.15, 0.2) is 16.4 Å². The van der Waals surface area contributed by atoms with Gasteiger partial charge in [-0.2, -0.15) is 0 Å². The summed E-state index contributed by atoms with van der Waals surface area (Å²) in [6, 6.07) is 3.20. The van der Waals surface area contributed by atoms with Gasteiger partial charge in [0.1, 0.15) is 0 Å². The number of nitro benzene ring substituents is 1. The SMILES string of the molecule is CC[C@@H](C)N(C(=O)COC(=O)c1ccc([N+](=O)[O-])c(C)c1)[C@H]1CCS(=O)(=O)C1. The Labute approximate surface area is 163 Å². The van der Waals surface area contributed by atoms with E-state index in [1.54, 1.807) is 0 Å². The summed E-state index contributed by atoms with van der Waals surface area (Å²) >= 11 is 0. The molecular weight excluding hydrogens is 388 g/mol. The minimum atomic E-state index is -3.16. The second kappa shape index (κ2) is 8.68. The fraction of sp³-hybridized carbons (Fsp3) is 0.556. The van der Waals surface area contributed by atoms with E-state index in [1.165, 1.54) is 30.0 Å². The first kappa shape index (κ1) is 21.8. The highest BCUT2D eigenvalue weighted by molar-refractivity contribution is 7.91. The van der Waals surface area contributed by atoms with Gasteiger partial charge in [0.25, 0.3) is 11.6 Å². The van der Waals surface area contributed by atoms with Crippen LogP contribution in [-0.4, -0.2) is 60.3 Å². The highest BCUT2D eigenvalue weighted by Gasteiger charge is 2.36. The number of amides is 1. The van der Waals surface area contributed by atoms with Crippen LogP contribution >= 0.6 is 0 Å². The molecule has 2 rings (SSSR count). The largest absolute Gasteiger partial charge is 0.452 e. The molecule has 0 saturated carbocycles. The number of hydrogen-bond donors (Lipinski definition) is 0. The molecule has 0 aliphatic carbocycles. The maximum Gasteiger partial charge on any atom is 0.338 e. The van der Waals surface area contributed by atoms with E-state index in [2.05, 4.69) is 0 Å². The van der Waals surface area contributed by atoms with Crippen molar-refractivity contribution in [2.24, 2.45) is 0 Å². The average molecular weight is 412 g/mol. The van der Waals surface area contributed by atoms with Crippen LogP contribution in [0, 0.1) is 17.0 Å². The molecule has 0 radical (unpaired) electrons. The maximum atomic E-state index is 12.7. The Morgan fingerprint density at radius 1 is 1.39 bits per heavy atom. The third kappa shape index (κ3) is 5.06. The Balaban J connectivity index is 2.06. The van der Waals surface area contributed by atoms with Crippen LogP contribution in [0.15, 0.2) is 18.2 Å². The fourth-order valence-corrected chi connectivity index (χ4v) is 4.98. The zero-order valence-corrected chi connectivity index (χ0v) is 16.9. The number of benzene rings is 1. The predicted molar refractivity (Wildman–Crippen MR) is 102 cm³/mol. The molecule has 1 aromatic carbocycles. The summed E-state index contributed by atoms with van der Waals surface area (Å²) in [7, 11) is -3.16. The molecular formula is C18H24N2O7S. The highest BCUT2D eigenvalue weighted by Crippen LogP contribution is 2.22. The molecule has 0 unspecified atom stereocenters. The molecule has 1 aliphatic heterocycles. The van der Waals surface area contributed by atoms with Crippen molar-refractivity contribution in [2.75, 3.05) is 18.1 Å². The van der Waals surface area contributed by atoms with Gasteiger partial charge >= 0.3 is 5.97 Å². The number of nitro groups is 1. The molecule has 1 amide bonds. The third-order valence-corrected chi connectivity index (χ3v) is 6.66. The maximum absolute atomic E-state index is 12.7. The fourth-order valence-electron chi connectivity index (χ4n) is 3.27. The standard InChI is InChI=1S/C18H24N2O7S/c1-4-13(3)19(15-7-8-28(25,26)11-15)17(21)10-27-18(22)14-5-6-16(20(23)24)12(2)9-14/h5-6,9,13,15H,4,7-8,10-11H2,1-3H3/t13-,15+/m1/s1. The first-order valence-corrected chi connectivity index (χ1v) is 10.8. The Kier molecular flexibility index (Phi) is 6.76. The van der Waals surface area contributed by atoms with E-state index in [-0.39, 0.29) is 28.8 Å². The zero-order chi connectivity index (χ0) is 21.1. The number of ether oxygens (including phenoxy) is 1. The van der Waals surface area contributed by atoms with E-state index >= 15 is 0 Å². The molecule has 0 bridgehead atoms. The Morgan fingerprint density at radius 2 is 2.07 bits per heavy atom. The summed E-state index contributed by atoms with van der Waals surface area (Å²) in [6.07, 6.45) is 1.01. The van der Waals surface area contributed by atoms with Crippen molar-refractivity contribution < 1.29 is 27.7 Å². The number of rotatable bonds is 7. The van der Waals surface area contributed by atoms with Gasteiger partial charge in [0.2, 0.25) is 0 Å². The number of carbonyl (C=O) groups is 2. The normalized spacial score (nSPS) is 19.0. The number of aryl methyl sites for hydroxylation is 1. The van der Waals surface area contributed by atoms with Crippen LogP contribution < -0.4 is 0 Å². The van der Waals surface area contributed by atoms with Gasteiger partial charge in [0, 0.05) is 23.7 Å². The van der Waals surface area contributed by atoms with Gasteiger partial charge in [-0.1, -0.05) is 6.92 Å². The van der Waals surface area contributed by atoms with Crippen molar-refractivity contribution in [3.05, 3.63) is 39.4 Å². The lowest BCUT2D eigenvalue weighted by atomic mass is 10.1. The van der Waals surface area contributed by atoms with E-state index in [4.69, 9.17) is 4.74 Å². The van der Waals surface area contributed by atoms with Crippen LogP contribution in [-0.2, 0) is 19.4 Å². The van der Waals surface area contributed by atoms with Crippen molar-refractivity contribution in [3.63, 3.8) is 0 Å². The Bertz CT molecular complexity index is 882. The molecule has 154 valence electrons. The van der Waals surface area contributed by atoms with E-state index in [9.17, 15) is 28.1 Å². The predicted octanol–water partition coefficient (Wildman–Crippen LogP) is 1.87. The minimum absolute atomic E-state index is 0.0414. The van der Waals surface area contributed by atoms with E-state index < -0.39 is 39.3 Å². The number of hydrogen-bond acceptors (Lipinski definition) is 7. The van der Waals surface area contributed by atoms with Crippen molar-refractivity contribution in [2.45, 2.75) is 45.7 Å². The molecule has 1 saturated heterocycles. The van der Waals surface area contributed by atoms with Gasteiger partial charge in [-0.25, -0.2) is 13.2 Å². The number of nitrogens with zero attached hydrogens (tertiary/aromatic N) is 2. The minimum Gasteiger partial charge on any atom is -0.452 e. The second-order valence-electron chi connectivity index (χ2n) is 6.95. The van der Waals surface area contributed by atoms with Crippen molar-refractivity contribution in [1.82, 2.24) is 4.90 Å². The summed E-state index contributed by atoms with van der Waals surface area (Å²) in [4.78, 5) is 36.7. The Morgan fingerprint density at radius 3 is 2.57 bits per heavy atom. The molecule has 0 spiro atoms. The molecule has 1 fully saturated rings. The lowest BCUT2D eigenvalue weighted by molar-refractivity contribution is -0.385. The molecule has 1 aromatic rings. The topological polar surface area (TPSA) is 124 Å². The van der Waals surface area contributed by atoms with Gasteiger partial charge in [0.05, 0.1) is 22.0 Å². The third-order valence-electron chi connectivity index (χ3n) is 4.91. The molecule has 10 heteroatoms. The second-order valence-corrected chi connectivity index (χ2v) is 9.18. The smallest absolute Gasteiger partial charge is 0.338 e. The molecule has 1 heterocycles. The van der Waals surface area contributed by atoms with Crippen molar-refractivity contribution in [1.29, 1.82) is 0 Å². The first-order valence-electron chi connectivity index (χ1n) is 8.99. The summed E-state index contributed by atoms with van der Waals surface area (Å²) in [6.45, 7) is 4.70. The molecule has 28 heavy (non-hydrogen) atoms. The first-order chi connectivity index (χ1) is 13.1. The van der Waals surface area contributed by atoms with Gasteiger partial charge in [-0.05, 0) is 38.8 Å². The van der Waals surface area contributed by atoms with Crippen LogP contribution in [0.2, 0.25) is 0 Å². The lowest BCUT2D eigenvalue weighted by Crippen LogP contribution is -2.48. The van der Waals surface area contributed by atoms with E-state index in [0.29, 0.717) is 18.4 Å². The summed E-state index contributed by atoms with van der Waals surface area (Å²) < 4.78 is 28.6. The zero-order valence-electron chi connectivity index (χ0n) is 16.1. The summed E-state index contributed by atoms with van der Waals surface area (Å²) in [5.74, 6) is -1.27. The number of sulfone groups is 1. The van der Waals surface area contributed by atoms with E-state index in [0.717, 1.165) is 0 Å². The van der Waals surface area contributed by atoms with Crippen LogP contribution in [0.4, 0.5) is 5.69 Å². The van der Waals surface area contributed by atoms with Gasteiger partial charge < -0.3 is 9.64 Å². The van der Waals surface area contributed by atoms with Gasteiger partial charge in [-0.15, -0.1) is 0 Å². The van der Waals surface area contributed by atoms with Crippen LogP contribution in [0.3, 0.4) is 0 Å². The van der Waals surface area contributed by atoms with Crippen molar-refractivity contribution in [3.8, 4) is 0 Å². The van der Waals surface area contributed by atoms with Crippen LogP contribution in [0.5, 0.6) is 0 Å². The molecule has 0 aromatic heterocycles. The molecule has 9 nitrogen and oxygen atoms in total. The van der Waals surface area contributed by atoms with E-state index in [1.807, 2.05) is 13.8 Å². The van der Waals surface area contributed by atoms with Crippen LogP contribution in [0.1, 0.15) is 42.6 Å². The lowest BCUT2D eigenvalue weighted by Gasteiger charge is -2.33. The van der Waals surface area contributed by atoms with Crippen molar-refractivity contribution >= 4 is 27.4 Å². The monoisotopic (exact) mass is 412 g/mol. The summed E-state index contributed by atoms with van der Waals surface area (Å²) in [5, 5.41) is 10.9. The average Bonchev–Trinajstić information content (AvgIpc) is 2.98. The quantitative estimate of drug-likeness (QED) is 0.380. The molecule has 0 N–H and O–H groups in total. The number of esters is 1.